The Morgan fingerprint density at radius 3 is 2.78 bits per heavy atom. The smallest absolute Gasteiger partial charge is 0.228 e. The van der Waals surface area contributed by atoms with Crippen molar-refractivity contribution in [3.63, 3.8) is 0 Å². The standard InChI is InChI=1S/C14H19NO3/c1-5-9-6-10-13(11(7-9)17-4)18-14(2,3)8-12(16)15-10/h6-7H,5,8H2,1-4H3,(H,15,16). The zero-order chi connectivity index (χ0) is 13.3. The van der Waals surface area contributed by atoms with Gasteiger partial charge in [0.25, 0.3) is 0 Å². The second-order valence-electron chi connectivity index (χ2n) is 5.12. The molecule has 0 unspecified atom stereocenters. The first-order valence-corrected chi connectivity index (χ1v) is 6.15. The number of amides is 1. The van der Waals surface area contributed by atoms with Crippen molar-refractivity contribution in [2.75, 3.05) is 12.4 Å². The average Bonchev–Trinajstić information content (AvgIpc) is 2.40. The Bertz CT molecular complexity index is 480. The Kier molecular flexibility index (Phi) is 3.20. The van der Waals surface area contributed by atoms with Crippen LogP contribution in [0.25, 0.3) is 0 Å². The van der Waals surface area contributed by atoms with Crippen molar-refractivity contribution >= 4 is 11.6 Å². The van der Waals surface area contributed by atoms with E-state index in [9.17, 15) is 4.79 Å². The van der Waals surface area contributed by atoms with Crippen LogP contribution < -0.4 is 14.8 Å². The molecule has 0 spiro atoms. The van der Waals surface area contributed by atoms with Gasteiger partial charge in [0.2, 0.25) is 5.91 Å². The highest BCUT2D eigenvalue weighted by molar-refractivity contribution is 5.94. The maximum atomic E-state index is 11.8. The summed E-state index contributed by atoms with van der Waals surface area (Å²) in [5.41, 5.74) is 1.27. The van der Waals surface area contributed by atoms with E-state index < -0.39 is 5.60 Å². The molecule has 1 N–H and O–H groups in total. The minimum Gasteiger partial charge on any atom is -0.493 e. The monoisotopic (exact) mass is 249 g/mol. The van der Waals surface area contributed by atoms with E-state index in [4.69, 9.17) is 9.47 Å². The minimum absolute atomic E-state index is 0.0333. The van der Waals surface area contributed by atoms with Crippen LogP contribution in [0, 0.1) is 0 Å². The maximum Gasteiger partial charge on any atom is 0.228 e. The molecule has 0 aromatic heterocycles. The van der Waals surface area contributed by atoms with Crippen molar-refractivity contribution in [2.45, 2.75) is 39.2 Å². The quantitative estimate of drug-likeness (QED) is 0.876. The van der Waals surface area contributed by atoms with Crippen molar-refractivity contribution in [2.24, 2.45) is 0 Å². The SMILES string of the molecule is CCc1cc2c(c(OC)c1)OC(C)(C)CC(=O)N2. The topological polar surface area (TPSA) is 47.6 Å². The van der Waals surface area contributed by atoms with Gasteiger partial charge in [-0.15, -0.1) is 0 Å². The Hall–Kier alpha value is -1.71. The number of hydrogen-bond acceptors (Lipinski definition) is 3. The average molecular weight is 249 g/mol. The fourth-order valence-electron chi connectivity index (χ4n) is 2.11. The molecule has 4 heteroatoms. The predicted molar refractivity (Wildman–Crippen MR) is 70.3 cm³/mol. The Labute approximate surface area is 107 Å². The fourth-order valence-corrected chi connectivity index (χ4v) is 2.11. The van der Waals surface area contributed by atoms with Gasteiger partial charge < -0.3 is 14.8 Å². The van der Waals surface area contributed by atoms with E-state index >= 15 is 0 Å². The molecule has 0 bridgehead atoms. The van der Waals surface area contributed by atoms with Crippen LogP contribution in [0.15, 0.2) is 12.1 Å². The van der Waals surface area contributed by atoms with E-state index in [0.29, 0.717) is 23.6 Å². The van der Waals surface area contributed by atoms with Gasteiger partial charge in [-0.2, -0.15) is 0 Å². The summed E-state index contributed by atoms with van der Waals surface area (Å²) in [4.78, 5) is 11.8. The molecule has 1 aromatic rings. The molecule has 0 atom stereocenters. The van der Waals surface area contributed by atoms with Gasteiger partial charge in [0.1, 0.15) is 5.60 Å². The van der Waals surface area contributed by atoms with Crippen LogP contribution >= 0.6 is 0 Å². The predicted octanol–water partition coefficient (Wildman–Crippen LogP) is 2.76. The molecule has 18 heavy (non-hydrogen) atoms. The third-order valence-electron chi connectivity index (χ3n) is 2.98. The summed E-state index contributed by atoms with van der Waals surface area (Å²) in [7, 11) is 1.61. The molecule has 1 aliphatic rings. The van der Waals surface area contributed by atoms with Crippen LogP contribution in [0.5, 0.6) is 11.5 Å². The van der Waals surface area contributed by atoms with Crippen LogP contribution in [0.4, 0.5) is 5.69 Å². The van der Waals surface area contributed by atoms with Gasteiger partial charge in [0.05, 0.1) is 19.2 Å². The van der Waals surface area contributed by atoms with Gasteiger partial charge in [-0.25, -0.2) is 0 Å². The molecule has 0 aliphatic carbocycles. The highest BCUT2D eigenvalue weighted by Gasteiger charge is 2.31. The van der Waals surface area contributed by atoms with Gasteiger partial charge >= 0.3 is 0 Å². The highest BCUT2D eigenvalue weighted by Crippen LogP contribution is 2.41. The molecule has 0 saturated carbocycles. The second-order valence-corrected chi connectivity index (χ2v) is 5.12. The fraction of sp³-hybridized carbons (Fsp3) is 0.500. The zero-order valence-electron chi connectivity index (χ0n) is 11.3. The van der Waals surface area contributed by atoms with E-state index in [-0.39, 0.29) is 5.91 Å². The molecule has 0 saturated heterocycles. The molecule has 0 radical (unpaired) electrons. The maximum absolute atomic E-state index is 11.8. The van der Waals surface area contributed by atoms with E-state index in [1.54, 1.807) is 7.11 Å². The second kappa shape index (κ2) is 4.52. The first kappa shape index (κ1) is 12.7. The van der Waals surface area contributed by atoms with Crippen LogP contribution in [-0.2, 0) is 11.2 Å². The number of fused-ring (bicyclic) bond motifs is 1. The van der Waals surface area contributed by atoms with Crippen molar-refractivity contribution < 1.29 is 14.3 Å². The number of methoxy groups -OCH3 is 1. The number of carbonyl (C=O) groups is 1. The number of aryl methyl sites for hydroxylation is 1. The summed E-state index contributed by atoms with van der Waals surface area (Å²) in [6.07, 6.45) is 1.20. The lowest BCUT2D eigenvalue weighted by Gasteiger charge is -2.24. The van der Waals surface area contributed by atoms with E-state index in [0.717, 1.165) is 12.0 Å². The van der Waals surface area contributed by atoms with Crippen molar-refractivity contribution in [3.05, 3.63) is 17.7 Å². The van der Waals surface area contributed by atoms with Crippen LogP contribution in [0.1, 0.15) is 32.8 Å². The van der Waals surface area contributed by atoms with Crippen molar-refractivity contribution in [3.8, 4) is 11.5 Å². The van der Waals surface area contributed by atoms with Gasteiger partial charge in [0, 0.05) is 0 Å². The molecule has 1 amide bonds. The third-order valence-corrected chi connectivity index (χ3v) is 2.98. The summed E-state index contributed by atoms with van der Waals surface area (Å²) in [6, 6.07) is 3.89. The third kappa shape index (κ3) is 2.42. The molecule has 0 fully saturated rings. The Morgan fingerprint density at radius 2 is 2.17 bits per heavy atom. The highest BCUT2D eigenvalue weighted by atomic mass is 16.5. The number of anilines is 1. The summed E-state index contributed by atoms with van der Waals surface area (Å²) in [6.45, 7) is 5.86. The van der Waals surface area contributed by atoms with Crippen LogP contribution in [0.2, 0.25) is 0 Å². The Balaban J connectivity index is 2.55. The number of rotatable bonds is 2. The number of hydrogen-bond donors (Lipinski definition) is 1. The number of ether oxygens (including phenoxy) is 2. The van der Waals surface area contributed by atoms with E-state index in [2.05, 4.69) is 12.2 Å². The molecule has 98 valence electrons. The van der Waals surface area contributed by atoms with Crippen LogP contribution in [-0.4, -0.2) is 18.6 Å². The molecule has 4 nitrogen and oxygen atoms in total. The lowest BCUT2D eigenvalue weighted by Crippen LogP contribution is -2.30. The first-order chi connectivity index (χ1) is 8.45. The first-order valence-electron chi connectivity index (χ1n) is 6.15. The Morgan fingerprint density at radius 1 is 1.44 bits per heavy atom. The summed E-state index contributed by atoms with van der Waals surface area (Å²) < 4.78 is 11.3. The molecule has 1 heterocycles. The van der Waals surface area contributed by atoms with Gasteiger partial charge in [0.15, 0.2) is 11.5 Å². The van der Waals surface area contributed by atoms with E-state index in [1.807, 2.05) is 26.0 Å². The largest absolute Gasteiger partial charge is 0.493 e. The molecular weight excluding hydrogens is 230 g/mol. The van der Waals surface area contributed by atoms with Gasteiger partial charge in [-0.05, 0) is 38.0 Å². The molecule has 1 aromatic carbocycles. The summed E-state index contributed by atoms with van der Waals surface area (Å²) in [5, 5.41) is 2.88. The summed E-state index contributed by atoms with van der Waals surface area (Å²) >= 11 is 0. The zero-order valence-corrected chi connectivity index (χ0v) is 11.3. The number of nitrogens with one attached hydrogen (secondary N) is 1. The van der Waals surface area contributed by atoms with Crippen LogP contribution in [0.3, 0.4) is 0 Å². The van der Waals surface area contributed by atoms with Gasteiger partial charge in [-0.3, -0.25) is 4.79 Å². The summed E-state index contributed by atoms with van der Waals surface area (Å²) in [5.74, 6) is 1.25. The van der Waals surface area contributed by atoms with Crippen molar-refractivity contribution in [1.82, 2.24) is 0 Å². The number of benzene rings is 1. The lowest BCUT2D eigenvalue weighted by molar-refractivity contribution is -0.118. The lowest BCUT2D eigenvalue weighted by atomic mass is 10.1. The minimum atomic E-state index is -0.531. The van der Waals surface area contributed by atoms with Crippen molar-refractivity contribution in [1.29, 1.82) is 0 Å². The molecule has 1 aliphatic heterocycles. The normalized spacial score (nSPS) is 17.2. The molecular formula is C14H19NO3. The van der Waals surface area contributed by atoms with E-state index in [1.165, 1.54) is 0 Å². The number of carbonyl (C=O) groups excluding carboxylic acids is 1. The molecule has 2 rings (SSSR count). The van der Waals surface area contributed by atoms with Gasteiger partial charge in [-0.1, -0.05) is 6.92 Å².